The van der Waals surface area contributed by atoms with E-state index >= 15 is 0 Å². The van der Waals surface area contributed by atoms with Gasteiger partial charge in [-0.05, 0) is 173 Å². The zero-order valence-electron chi connectivity index (χ0n) is 38.7. The molecule has 0 saturated carbocycles. The highest BCUT2D eigenvalue weighted by molar-refractivity contribution is 5.69. The summed E-state index contributed by atoms with van der Waals surface area (Å²) in [5, 5.41) is 0. The second-order valence-corrected chi connectivity index (χ2v) is 18.7. The van der Waals surface area contributed by atoms with Gasteiger partial charge in [0.25, 0.3) is 0 Å². The van der Waals surface area contributed by atoms with Crippen molar-refractivity contribution in [3.63, 3.8) is 0 Å². The van der Waals surface area contributed by atoms with Gasteiger partial charge >= 0.3 is 0 Å². The average Bonchev–Trinajstić information content (AvgIpc) is 3.28. The number of benzene rings is 4. The van der Waals surface area contributed by atoms with Gasteiger partial charge in [0.2, 0.25) is 0 Å². The van der Waals surface area contributed by atoms with E-state index in [-0.39, 0.29) is 0 Å². The van der Waals surface area contributed by atoms with Crippen molar-refractivity contribution in [1.29, 1.82) is 0 Å². The molecule has 0 nitrogen and oxygen atoms in total. The topological polar surface area (TPSA) is 0 Å². The highest BCUT2D eigenvalue weighted by atomic mass is 19.2. The van der Waals surface area contributed by atoms with Gasteiger partial charge in [0.05, 0.1) is 0 Å². The molecule has 4 aromatic rings. The standard InChI is InChI=1S/4C14H16F2/c4*1-9-3-6-11(7-4-9)12-8-5-10(2)13(15)14(12)16/h4*5-6,8-9H,3-4,7H2,1-2H3. The van der Waals surface area contributed by atoms with Crippen LogP contribution in [0.1, 0.15) is 149 Å². The first-order valence-corrected chi connectivity index (χ1v) is 22.9. The summed E-state index contributed by atoms with van der Waals surface area (Å²) in [5.41, 5.74) is 7.04. The minimum absolute atomic E-state index is 0.367. The van der Waals surface area contributed by atoms with Crippen LogP contribution in [0.15, 0.2) is 72.8 Å². The van der Waals surface area contributed by atoms with Crippen molar-refractivity contribution in [2.75, 3.05) is 0 Å². The van der Waals surface area contributed by atoms with Crippen LogP contribution in [0.25, 0.3) is 22.3 Å². The van der Waals surface area contributed by atoms with Gasteiger partial charge in [0, 0.05) is 22.3 Å². The van der Waals surface area contributed by atoms with Gasteiger partial charge in [-0.3, -0.25) is 0 Å². The van der Waals surface area contributed by atoms with E-state index in [1.54, 1.807) is 76.2 Å². The van der Waals surface area contributed by atoms with Crippen LogP contribution in [0.3, 0.4) is 0 Å². The third kappa shape index (κ3) is 12.8. The molecule has 0 N–H and O–H groups in total. The molecule has 8 heteroatoms. The molecule has 0 bridgehead atoms. The summed E-state index contributed by atoms with van der Waals surface area (Å²) in [7, 11) is 0. The molecule has 64 heavy (non-hydrogen) atoms. The fourth-order valence-electron chi connectivity index (χ4n) is 8.42. The summed E-state index contributed by atoms with van der Waals surface area (Å²) in [6.07, 6.45) is 19.6. The van der Waals surface area contributed by atoms with Gasteiger partial charge in [-0.1, -0.05) is 101 Å². The molecule has 0 saturated heterocycles. The summed E-state index contributed by atoms with van der Waals surface area (Å²) >= 11 is 0. The third-order valence-corrected chi connectivity index (χ3v) is 13.2. The van der Waals surface area contributed by atoms with Gasteiger partial charge in [-0.2, -0.15) is 0 Å². The maximum Gasteiger partial charge on any atom is 0.166 e. The number of hydrogen-bond donors (Lipinski definition) is 0. The fraction of sp³-hybridized carbons (Fsp3) is 0.429. The maximum atomic E-state index is 13.7. The predicted molar refractivity (Wildman–Crippen MR) is 248 cm³/mol. The van der Waals surface area contributed by atoms with Crippen molar-refractivity contribution in [2.45, 2.75) is 132 Å². The van der Waals surface area contributed by atoms with Gasteiger partial charge < -0.3 is 0 Å². The quantitative estimate of drug-likeness (QED) is 0.179. The molecule has 344 valence electrons. The molecule has 0 aromatic heterocycles. The molecular formula is C56H64F8. The van der Waals surface area contributed by atoms with Crippen LogP contribution in [0, 0.1) is 97.9 Å². The molecule has 8 rings (SSSR count). The molecule has 0 fully saturated rings. The lowest BCUT2D eigenvalue weighted by Crippen LogP contribution is -2.03. The van der Waals surface area contributed by atoms with Gasteiger partial charge in [-0.15, -0.1) is 0 Å². The van der Waals surface area contributed by atoms with E-state index in [1.165, 1.54) is 0 Å². The van der Waals surface area contributed by atoms with Crippen molar-refractivity contribution in [3.8, 4) is 0 Å². The van der Waals surface area contributed by atoms with E-state index in [0.29, 0.717) is 68.2 Å². The lowest BCUT2D eigenvalue weighted by molar-refractivity contribution is 0.496. The normalized spacial score (nSPS) is 20.8. The molecule has 0 aliphatic heterocycles. The summed E-state index contributed by atoms with van der Waals surface area (Å²) < 4.78 is 109. The van der Waals surface area contributed by atoms with Crippen LogP contribution in [-0.2, 0) is 0 Å². The Morgan fingerprint density at radius 2 is 0.484 bits per heavy atom. The fourth-order valence-corrected chi connectivity index (χ4v) is 8.42. The highest BCUT2D eigenvalue weighted by Gasteiger charge is 2.21. The molecule has 4 aromatic carbocycles. The van der Waals surface area contributed by atoms with E-state index < -0.39 is 46.5 Å². The van der Waals surface area contributed by atoms with Crippen molar-refractivity contribution in [1.82, 2.24) is 0 Å². The third-order valence-electron chi connectivity index (χ3n) is 13.2. The Kier molecular flexibility index (Phi) is 18.0. The molecule has 4 aliphatic carbocycles. The number of aryl methyl sites for hydroxylation is 4. The van der Waals surface area contributed by atoms with Crippen molar-refractivity contribution in [3.05, 3.63) is 164 Å². The zero-order chi connectivity index (χ0) is 46.8. The molecule has 4 aliphatic rings. The SMILES string of the molecule is Cc1ccc(C2=CCC(C)CC2)c(F)c1F.Cc1ccc(C2=CCC(C)CC2)c(F)c1F.Cc1ccc(C2=CCC(C)CC2)c(F)c1F.Cc1ccc(C2=CCC(C)CC2)c(F)c1F. The Morgan fingerprint density at radius 1 is 0.297 bits per heavy atom. The lowest BCUT2D eigenvalue weighted by atomic mass is 9.87. The summed E-state index contributed by atoms with van der Waals surface area (Å²) in [4.78, 5) is 0. The first kappa shape index (κ1) is 50.3. The number of allylic oxidation sites excluding steroid dienone is 8. The Bertz CT molecular complexity index is 2060. The first-order chi connectivity index (χ1) is 30.4. The molecule has 0 spiro atoms. The molecule has 0 heterocycles. The molecule has 0 radical (unpaired) electrons. The lowest BCUT2D eigenvalue weighted by Gasteiger charge is -2.19. The number of halogens is 8. The smallest absolute Gasteiger partial charge is 0.166 e. The Morgan fingerprint density at radius 3 is 0.641 bits per heavy atom. The summed E-state index contributed by atoms with van der Waals surface area (Å²) in [6, 6.07) is 13.3. The Balaban J connectivity index is 0.000000161. The summed E-state index contributed by atoms with van der Waals surface area (Å²) in [6.45, 7) is 15.1. The second-order valence-electron chi connectivity index (χ2n) is 18.7. The summed E-state index contributed by atoms with van der Waals surface area (Å²) in [5.74, 6) is -3.00. The first-order valence-electron chi connectivity index (χ1n) is 22.9. The van der Waals surface area contributed by atoms with Crippen molar-refractivity contribution >= 4 is 22.3 Å². The van der Waals surface area contributed by atoms with Crippen LogP contribution in [0.5, 0.6) is 0 Å². The van der Waals surface area contributed by atoms with E-state index in [1.807, 2.05) is 24.3 Å². The minimum Gasteiger partial charge on any atom is -0.203 e. The van der Waals surface area contributed by atoms with Crippen LogP contribution >= 0.6 is 0 Å². The van der Waals surface area contributed by atoms with Crippen molar-refractivity contribution in [2.24, 2.45) is 23.7 Å². The van der Waals surface area contributed by atoms with E-state index in [4.69, 9.17) is 0 Å². The number of hydrogen-bond acceptors (Lipinski definition) is 0. The zero-order valence-corrected chi connectivity index (χ0v) is 38.7. The largest absolute Gasteiger partial charge is 0.203 e. The average molecular weight is 889 g/mol. The Labute approximate surface area is 376 Å². The Hall–Kier alpha value is -4.72. The molecule has 0 amide bonds. The molecular weight excluding hydrogens is 825 g/mol. The van der Waals surface area contributed by atoms with Crippen LogP contribution < -0.4 is 0 Å². The van der Waals surface area contributed by atoms with Crippen LogP contribution in [0.4, 0.5) is 35.1 Å². The van der Waals surface area contributed by atoms with Gasteiger partial charge in [0.15, 0.2) is 46.5 Å². The van der Waals surface area contributed by atoms with Crippen LogP contribution in [-0.4, -0.2) is 0 Å². The second kappa shape index (κ2) is 22.9. The van der Waals surface area contributed by atoms with Crippen molar-refractivity contribution < 1.29 is 35.1 Å². The molecule has 4 atom stereocenters. The molecule has 4 unspecified atom stereocenters. The van der Waals surface area contributed by atoms with Crippen LogP contribution in [0.2, 0.25) is 0 Å². The van der Waals surface area contributed by atoms with Gasteiger partial charge in [0.1, 0.15) is 0 Å². The van der Waals surface area contributed by atoms with E-state index in [2.05, 4.69) is 27.7 Å². The van der Waals surface area contributed by atoms with E-state index in [0.717, 1.165) is 99.3 Å². The number of rotatable bonds is 4. The predicted octanol–water partition coefficient (Wildman–Crippen LogP) is 17.9. The minimum atomic E-state index is -0.711. The monoisotopic (exact) mass is 888 g/mol. The van der Waals surface area contributed by atoms with E-state index in [9.17, 15) is 35.1 Å². The maximum absolute atomic E-state index is 13.7. The highest BCUT2D eigenvalue weighted by Crippen LogP contribution is 2.36. The van der Waals surface area contributed by atoms with Gasteiger partial charge in [-0.25, -0.2) is 35.1 Å².